The van der Waals surface area contributed by atoms with Crippen molar-refractivity contribution in [1.29, 1.82) is 0 Å². The van der Waals surface area contributed by atoms with Crippen molar-refractivity contribution in [1.82, 2.24) is 15.1 Å². The van der Waals surface area contributed by atoms with Crippen molar-refractivity contribution in [2.24, 2.45) is 7.05 Å². The Hall–Kier alpha value is -1.26. The minimum Gasteiger partial charge on any atom is -0.303 e. The molecule has 1 aromatic carbocycles. The average Bonchev–Trinajstić information content (AvgIpc) is 2.90. The third kappa shape index (κ3) is 3.01. The molecule has 0 amide bonds. The molecule has 0 saturated heterocycles. The largest absolute Gasteiger partial charge is 0.303 e. The SMILES string of the molecule is CSc1ccc(C(C)NC2CCCc3c2cnn3C)cc1. The molecule has 1 aliphatic carbocycles. The summed E-state index contributed by atoms with van der Waals surface area (Å²) < 4.78 is 2.03. The Balaban J connectivity index is 1.74. The van der Waals surface area contributed by atoms with Gasteiger partial charge in [-0.25, -0.2) is 0 Å². The fourth-order valence-electron chi connectivity index (χ4n) is 3.17. The summed E-state index contributed by atoms with van der Waals surface area (Å²) in [4.78, 5) is 1.32. The number of thioether (sulfide) groups is 1. The molecule has 4 heteroatoms. The molecular weight excluding hydrogens is 278 g/mol. The van der Waals surface area contributed by atoms with E-state index in [9.17, 15) is 0 Å². The quantitative estimate of drug-likeness (QED) is 0.869. The van der Waals surface area contributed by atoms with E-state index in [-0.39, 0.29) is 0 Å². The molecule has 0 saturated carbocycles. The Morgan fingerprint density at radius 3 is 2.81 bits per heavy atom. The standard InChI is InChI=1S/C17H23N3S/c1-12(13-7-9-14(21-3)10-8-13)19-16-5-4-6-17-15(16)11-18-20(17)2/h7-12,16,19H,4-6H2,1-3H3. The lowest BCUT2D eigenvalue weighted by molar-refractivity contribution is 0.411. The van der Waals surface area contributed by atoms with Crippen molar-refractivity contribution in [3.63, 3.8) is 0 Å². The average molecular weight is 301 g/mol. The highest BCUT2D eigenvalue weighted by atomic mass is 32.2. The lowest BCUT2D eigenvalue weighted by Gasteiger charge is -2.27. The van der Waals surface area contributed by atoms with E-state index in [4.69, 9.17) is 0 Å². The van der Waals surface area contributed by atoms with E-state index in [0.29, 0.717) is 12.1 Å². The van der Waals surface area contributed by atoms with E-state index in [2.05, 4.69) is 47.9 Å². The lowest BCUT2D eigenvalue weighted by atomic mass is 9.92. The minimum atomic E-state index is 0.358. The maximum Gasteiger partial charge on any atom is 0.0540 e. The first-order chi connectivity index (χ1) is 10.2. The summed E-state index contributed by atoms with van der Waals surface area (Å²) in [5.41, 5.74) is 4.13. The zero-order valence-corrected chi connectivity index (χ0v) is 13.8. The van der Waals surface area contributed by atoms with Crippen LogP contribution in [-0.4, -0.2) is 16.0 Å². The van der Waals surface area contributed by atoms with Crippen LogP contribution in [0.15, 0.2) is 35.4 Å². The van der Waals surface area contributed by atoms with E-state index in [1.54, 1.807) is 11.8 Å². The highest BCUT2D eigenvalue weighted by molar-refractivity contribution is 7.98. The number of fused-ring (bicyclic) bond motifs is 1. The molecule has 3 nitrogen and oxygen atoms in total. The number of rotatable bonds is 4. The Morgan fingerprint density at radius 2 is 2.10 bits per heavy atom. The van der Waals surface area contributed by atoms with E-state index in [1.165, 1.54) is 34.6 Å². The van der Waals surface area contributed by atoms with Crippen LogP contribution in [-0.2, 0) is 13.5 Å². The Bertz CT molecular complexity index is 603. The van der Waals surface area contributed by atoms with Crippen LogP contribution < -0.4 is 5.32 Å². The number of aryl methyl sites for hydroxylation is 1. The maximum absolute atomic E-state index is 4.43. The van der Waals surface area contributed by atoms with E-state index in [1.807, 2.05) is 17.9 Å². The Morgan fingerprint density at radius 1 is 1.33 bits per heavy atom. The van der Waals surface area contributed by atoms with Crippen LogP contribution in [0.2, 0.25) is 0 Å². The topological polar surface area (TPSA) is 29.9 Å². The predicted molar refractivity (Wildman–Crippen MR) is 88.7 cm³/mol. The molecule has 1 aromatic heterocycles. The van der Waals surface area contributed by atoms with E-state index < -0.39 is 0 Å². The lowest BCUT2D eigenvalue weighted by Crippen LogP contribution is -2.27. The zero-order chi connectivity index (χ0) is 14.8. The molecular formula is C17H23N3S. The van der Waals surface area contributed by atoms with Crippen molar-refractivity contribution in [3.05, 3.63) is 47.3 Å². The molecule has 2 aromatic rings. The van der Waals surface area contributed by atoms with Gasteiger partial charge in [0.15, 0.2) is 0 Å². The molecule has 1 heterocycles. The van der Waals surface area contributed by atoms with Crippen LogP contribution in [0, 0.1) is 0 Å². The normalized spacial score (nSPS) is 19.3. The monoisotopic (exact) mass is 301 g/mol. The summed E-state index contributed by atoms with van der Waals surface area (Å²) in [6, 6.07) is 9.66. The first kappa shape index (κ1) is 14.7. The van der Waals surface area contributed by atoms with Crippen LogP contribution in [0.3, 0.4) is 0 Å². The molecule has 2 unspecified atom stereocenters. The summed E-state index contributed by atoms with van der Waals surface area (Å²) in [6.07, 6.45) is 7.74. The molecule has 0 bridgehead atoms. The van der Waals surface area contributed by atoms with Crippen LogP contribution in [0.4, 0.5) is 0 Å². The van der Waals surface area contributed by atoms with Crippen LogP contribution in [0.5, 0.6) is 0 Å². The summed E-state index contributed by atoms with van der Waals surface area (Å²) >= 11 is 1.79. The first-order valence-corrected chi connectivity index (χ1v) is 8.82. The number of benzene rings is 1. The predicted octanol–water partition coefficient (Wildman–Crippen LogP) is 3.87. The van der Waals surface area contributed by atoms with Crippen LogP contribution in [0.25, 0.3) is 0 Å². The molecule has 1 aliphatic rings. The van der Waals surface area contributed by atoms with E-state index >= 15 is 0 Å². The van der Waals surface area contributed by atoms with Crippen molar-refractivity contribution in [2.75, 3.05) is 6.26 Å². The van der Waals surface area contributed by atoms with Gasteiger partial charge in [0.05, 0.1) is 6.20 Å². The third-order valence-electron chi connectivity index (χ3n) is 4.44. The van der Waals surface area contributed by atoms with Gasteiger partial charge in [0.2, 0.25) is 0 Å². The number of hydrogen-bond donors (Lipinski definition) is 1. The molecule has 0 spiro atoms. The third-order valence-corrected chi connectivity index (χ3v) is 5.19. The summed E-state index contributed by atoms with van der Waals surface area (Å²) in [5.74, 6) is 0. The van der Waals surface area contributed by atoms with Gasteiger partial charge in [0.1, 0.15) is 0 Å². The number of aromatic nitrogens is 2. The number of nitrogens with one attached hydrogen (secondary N) is 1. The van der Waals surface area contributed by atoms with Gasteiger partial charge < -0.3 is 5.32 Å². The van der Waals surface area contributed by atoms with Crippen LogP contribution >= 0.6 is 11.8 Å². The summed E-state index contributed by atoms with van der Waals surface area (Å²) in [7, 11) is 2.05. The van der Waals surface area contributed by atoms with Gasteiger partial charge in [-0.05, 0) is 50.1 Å². The van der Waals surface area contributed by atoms with Crippen molar-refractivity contribution >= 4 is 11.8 Å². The molecule has 0 aliphatic heterocycles. The fourth-order valence-corrected chi connectivity index (χ4v) is 3.58. The Kier molecular flexibility index (Phi) is 4.36. The van der Waals surface area contributed by atoms with Gasteiger partial charge in [-0.3, -0.25) is 4.68 Å². The minimum absolute atomic E-state index is 0.358. The second kappa shape index (κ2) is 6.24. The Labute approximate surface area is 131 Å². The summed E-state index contributed by atoms with van der Waals surface area (Å²) in [6.45, 7) is 2.25. The molecule has 2 atom stereocenters. The van der Waals surface area contributed by atoms with Gasteiger partial charge >= 0.3 is 0 Å². The van der Waals surface area contributed by atoms with Crippen LogP contribution in [0.1, 0.15) is 48.7 Å². The maximum atomic E-state index is 4.43. The van der Waals surface area contributed by atoms with Crippen molar-refractivity contribution < 1.29 is 0 Å². The van der Waals surface area contributed by atoms with Gasteiger partial charge in [0, 0.05) is 35.3 Å². The zero-order valence-electron chi connectivity index (χ0n) is 13.0. The van der Waals surface area contributed by atoms with Gasteiger partial charge in [0.25, 0.3) is 0 Å². The molecule has 1 N–H and O–H groups in total. The van der Waals surface area contributed by atoms with E-state index in [0.717, 1.165) is 6.42 Å². The highest BCUT2D eigenvalue weighted by Gasteiger charge is 2.24. The number of hydrogen-bond acceptors (Lipinski definition) is 3. The fraction of sp³-hybridized carbons (Fsp3) is 0.471. The second-order valence-electron chi connectivity index (χ2n) is 5.78. The summed E-state index contributed by atoms with van der Waals surface area (Å²) in [5, 5.41) is 8.21. The van der Waals surface area contributed by atoms with Crippen molar-refractivity contribution in [2.45, 2.75) is 43.2 Å². The highest BCUT2D eigenvalue weighted by Crippen LogP contribution is 2.31. The molecule has 112 valence electrons. The molecule has 0 fully saturated rings. The van der Waals surface area contributed by atoms with Gasteiger partial charge in [-0.15, -0.1) is 11.8 Å². The molecule has 21 heavy (non-hydrogen) atoms. The smallest absolute Gasteiger partial charge is 0.0540 e. The first-order valence-electron chi connectivity index (χ1n) is 7.60. The molecule has 0 radical (unpaired) electrons. The van der Waals surface area contributed by atoms with Crippen molar-refractivity contribution in [3.8, 4) is 0 Å². The number of nitrogens with zero attached hydrogens (tertiary/aromatic N) is 2. The second-order valence-corrected chi connectivity index (χ2v) is 6.66. The molecule has 3 rings (SSSR count). The van der Waals surface area contributed by atoms with Gasteiger partial charge in [-0.1, -0.05) is 12.1 Å². The van der Waals surface area contributed by atoms with Gasteiger partial charge in [-0.2, -0.15) is 5.10 Å².